The third-order valence-corrected chi connectivity index (χ3v) is 4.67. The number of ether oxygens (including phenoxy) is 1. The number of hydrogen-bond donors (Lipinski definition) is 1. The van der Waals surface area contributed by atoms with Crippen molar-refractivity contribution in [3.8, 4) is 0 Å². The summed E-state index contributed by atoms with van der Waals surface area (Å²) in [6.45, 7) is 1.82. The Morgan fingerprint density at radius 2 is 2.06 bits per heavy atom. The van der Waals surface area contributed by atoms with Crippen LogP contribution in [0.15, 0.2) is 35.0 Å². The van der Waals surface area contributed by atoms with Crippen molar-refractivity contribution in [2.45, 2.75) is 18.9 Å². The van der Waals surface area contributed by atoms with E-state index in [0.717, 1.165) is 26.0 Å². The Morgan fingerprint density at radius 1 is 1.22 bits per heavy atom. The summed E-state index contributed by atoms with van der Waals surface area (Å²) in [5, 5.41) is 7.92. The SMILES string of the molecule is COCCCNC(Cc1cccs1)c1cccs1. The largest absolute Gasteiger partial charge is 0.385 e. The predicted octanol–water partition coefficient (Wildman–Crippen LogP) is 3.72. The fourth-order valence-corrected chi connectivity index (χ4v) is 3.44. The van der Waals surface area contributed by atoms with Crippen molar-refractivity contribution in [1.82, 2.24) is 5.32 Å². The summed E-state index contributed by atoms with van der Waals surface area (Å²) in [5.41, 5.74) is 0. The van der Waals surface area contributed by atoms with E-state index in [2.05, 4.69) is 40.3 Å². The number of thiophene rings is 2. The number of methoxy groups -OCH3 is 1. The summed E-state index contributed by atoms with van der Waals surface area (Å²) in [7, 11) is 1.75. The lowest BCUT2D eigenvalue weighted by Gasteiger charge is -2.16. The highest BCUT2D eigenvalue weighted by molar-refractivity contribution is 7.10. The summed E-state index contributed by atoms with van der Waals surface area (Å²) in [6.07, 6.45) is 2.13. The maximum Gasteiger partial charge on any atom is 0.0474 e. The van der Waals surface area contributed by atoms with Crippen LogP contribution in [0.5, 0.6) is 0 Å². The molecule has 2 nitrogen and oxygen atoms in total. The molecule has 0 aromatic carbocycles. The fourth-order valence-electron chi connectivity index (χ4n) is 1.89. The van der Waals surface area contributed by atoms with Crippen molar-refractivity contribution in [2.24, 2.45) is 0 Å². The monoisotopic (exact) mass is 281 g/mol. The zero-order chi connectivity index (χ0) is 12.6. The van der Waals surface area contributed by atoms with Gasteiger partial charge in [-0.2, -0.15) is 0 Å². The van der Waals surface area contributed by atoms with E-state index in [1.807, 2.05) is 22.7 Å². The quantitative estimate of drug-likeness (QED) is 0.745. The molecule has 1 unspecified atom stereocenters. The molecule has 1 N–H and O–H groups in total. The van der Waals surface area contributed by atoms with E-state index in [1.54, 1.807) is 7.11 Å². The molecule has 2 aromatic heterocycles. The molecule has 0 fully saturated rings. The lowest BCUT2D eigenvalue weighted by molar-refractivity contribution is 0.193. The highest BCUT2D eigenvalue weighted by Crippen LogP contribution is 2.24. The molecule has 2 aromatic rings. The molecular formula is C14H19NOS2. The van der Waals surface area contributed by atoms with Crippen molar-refractivity contribution in [1.29, 1.82) is 0 Å². The Bertz CT molecular complexity index is 411. The van der Waals surface area contributed by atoms with Gasteiger partial charge in [0.05, 0.1) is 0 Å². The van der Waals surface area contributed by atoms with Crippen LogP contribution in [0.25, 0.3) is 0 Å². The Hall–Kier alpha value is -0.680. The van der Waals surface area contributed by atoms with Crippen LogP contribution < -0.4 is 5.32 Å². The first-order valence-electron chi connectivity index (χ1n) is 6.18. The molecule has 4 heteroatoms. The van der Waals surface area contributed by atoms with Gasteiger partial charge in [-0.05, 0) is 35.9 Å². The molecule has 0 aliphatic heterocycles. The second-order valence-electron chi connectivity index (χ2n) is 4.15. The van der Waals surface area contributed by atoms with E-state index in [0.29, 0.717) is 6.04 Å². The minimum absolute atomic E-state index is 0.431. The molecule has 0 aliphatic carbocycles. The Labute approximate surface area is 117 Å². The molecule has 0 saturated carbocycles. The highest BCUT2D eigenvalue weighted by Gasteiger charge is 2.13. The first kappa shape index (κ1) is 13.7. The molecule has 98 valence electrons. The smallest absolute Gasteiger partial charge is 0.0474 e. The van der Waals surface area contributed by atoms with E-state index in [-0.39, 0.29) is 0 Å². The van der Waals surface area contributed by atoms with Crippen LogP contribution in [-0.4, -0.2) is 20.3 Å². The lowest BCUT2D eigenvalue weighted by atomic mass is 10.1. The van der Waals surface area contributed by atoms with Crippen molar-refractivity contribution in [2.75, 3.05) is 20.3 Å². The minimum atomic E-state index is 0.431. The van der Waals surface area contributed by atoms with Gasteiger partial charge in [-0.3, -0.25) is 0 Å². The average Bonchev–Trinajstić information content (AvgIpc) is 3.05. The summed E-state index contributed by atoms with van der Waals surface area (Å²) in [5.74, 6) is 0. The Kier molecular flexibility index (Phi) is 5.87. The molecule has 0 spiro atoms. The molecular weight excluding hydrogens is 262 g/mol. The normalized spacial score (nSPS) is 12.7. The molecule has 0 bridgehead atoms. The van der Waals surface area contributed by atoms with E-state index < -0.39 is 0 Å². The zero-order valence-corrected chi connectivity index (χ0v) is 12.2. The summed E-state index contributed by atoms with van der Waals surface area (Å²) in [6, 6.07) is 9.10. The van der Waals surface area contributed by atoms with Crippen LogP contribution in [0, 0.1) is 0 Å². The van der Waals surface area contributed by atoms with Crippen LogP contribution >= 0.6 is 22.7 Å². The van der Waals surface area contributed by atoms with Crippen LogP contribution in [0.4, 0.5) is 0 Å². The van der Waals surface area contributed by atoms with Crippen molar-refractivity contribution in [3.63, 3.8) is 0 Å². The maximum atomic E-state index is 5.08. The molecule has 2 heterocycles. The van der Waals surface area contributed by atoms with Crippen molar-refractivity contribution >= 4 is 22.7 Å². The number of rotatable bonds is 8. The van der Waals surface area contributed by atoms with Crippen LogP contribution in [0.2, 0.25) is 0 Å². The van der Waals surface area contributed by atoms with Crippen LogP contribution in [0.1, 0.15) is 22.2 Å². The Balaban J connectivity index is 1.91. The van der Waals surface area contributed by atoms with Gasteiger partial charge in [-0.15, -0.1) is 22.7 Å². The van der Waals surface area contributed by atoms with E-state index >= 15 is 0 Å². The van der Waals surface area contributed by atoms with Gasteiger partial charge >= 0.3 is 0 Å². The van der Waals surface area contributed by atoms with Gasteiger partial charge in [0.2, 0.25) is 0 Å². The van der Waals surface area contributed by atoms with Gasteiger partial charge in [-0.25, -0.2) is 0 Å². The lowest BCUT2D eigenvalue weighted by Crippen LogP contribution is -2.24. The zero-order valence-electron chi connectivity index (χ0n) is 10.6. The van der Waals surface area contributed by atoms with E-state index in [1.165, 1.54) is 9.75 Å². The second-order valence-corrected chi connectivity index (χ2v) is 6.16. The van der Waals surface area contributed by atoms with Gasteiger partial charge in [0.1, 0.15) is 0 Å². The standard InChI is InChI=1S/C14H19NOS2/c1-16-8-4-7-15-13(14-6-3-10-18-14)11-12-5-2-9-17-12/h2-3,5-6,9-10,13,15H,4,7-8,11H2,1H3. The predicted molar refractivity (Wildman–Crippen MR) is 79.6 cm³/mol. The maximum absolute atomic E-state index is 5.08. The van der Waals surface area contributed by atoms with Crippen LogP contribution in [-0.2, 0) is 11.2 Å². The third-order valence-electron chi connectivity index (χ3n) is 2.79. The van der Waals surface area contributed by atoms with Gasteiger partial charge < -0.3 is 10.1 Å². The topological polar surface area (TPSA) is 21.3 Å². The molecule has 1 atom stereocenters. The first-order chi connectivity index (χ1) is 8.90. The molecule has 0 radical (unpaired) electrons. The number of hydrogen-bond acceptors (Lipinski definition) is 4. The molecule has 18 heavy (non-hydrogen) atoms. The summed E-state index contributed by atoms with van der Waals surface area (Å²) in [4.78, 5) is 2.86. The molecule has 0 amide bonds. The van der Waals surface area contributed by atoms with E-state index in [9.17, 15) is 0 Å². The van der Waals surface area contributed by atoms with Gasteiger partial charge in [0.25, 0.3) is 0 Å². The van der Waals surface area contributed by atoms with Gasteiger partial charge in [0.15, 0.2) is 0 Å². The molecule has 0 aliphatic rings. The van der Waals surface area contributed by atoms with Crippen LogP contribution in [0.3, 0.4) is 0 Å². The fraction of sp³-hybridized carbons (Fsp3) is 0.429. The van der Waals surface area contributed by atoms with E-state index in [4.69, 9.17) is 4.74 Å². The minimum Gasteiger partial charge on any atom is -0.385 e. The van der Waals surface area contributed by atoms with Crippen molar-refractivity contribution in [3.05, 3.63) is 44.8 Å². The van der Waals surface area contributed by atoms with Crippen molar-refractivity contribution < 1.29 is 4.74 Å². The molecule has 0 saturated heterocycles. The first-order valence-corrected chi connectivity index (χ1v) is 7.94. The van der Waals surface area contributed by atoms with Gasteiger partial charge in [-0.1, -0.05) is 12.1 Å². The average molecular weight is 281 g/mol. The van der Waals surface area contributed by atoms with Gasteiger partial charge in [0, 0.05) is 35.9 Å². The highest BCUT2D eigenvalue weighted by atomic mass is 32.1. The number of nitrogens with one attached hydrogen (secondary N) is 1. The summed E-state index contributed by atoms with van der Waals surface area (Å²) >= 11 is 3.66. The summed E-state index contributed by atoms with van der Waals surface area (Å²) < 4.78 is 5.08. The second kappa shape index (κ2) is 7.69. The Morgan fingerprint density at radius 3 is 2.72 bits per heavy atom. The molecule has 2 rings (SSSR count). The third kappa shape index (κ3) is 4.21.